The molecule has 416 valence electrons. The SMILES string of the molecule is CC(C)c1cc2c3c(c1)N(c1cc(-c4coc5ccccc45)cc(-c4coc5ccccc45)c1)c1c(sc4ccc(C(C)(C)C)cc14)B3c1sc3ccc(C(C)(C)C)cc3c1N2c1cc(-c2coc3ccccc23)cc(-c2coc3ccccc23)c1. The van der Waals surface area contributed by atoms with Crippen LogP contribution in [-0.4, -0.2) is 6.71 Å². The summed E-state index contributed by atoms with van der Waals surface area (Å²) >= 11 is 3.90. The predicted molar refractivity (Wildman–Crippen MR) is 364 cm³/mol. The molecule has 2 aliphatic heterocycles. The molecule has 2 aliphatic rings. The summed E-state index contributed by atoms with van der Waals surface area (Å²) in [5.41, 5.74) is 23.7. The van der Waals surface area contributed by atoms with Crippen molar-refractivity contribution in [2.75, 3.05) is 9.80 Å². The number of thiophene rings is 2. The van der Waals surface area contributed by atoms with E-state index in [0.717, 1.165) is 99.8 Å². The van der Waals surface area contributed by atoms with Crippen molar-refractivity contribution in [3.8, 4) is 44.5 Å². The average Bonchev–Trinajstić information content (AvgIpc) is 1.80. The number of furan rings is 4. The number of para-hydroxylation sites is 4. The summed E-state index contributed by atoms with van der Waals surface area (Å²) in [7, 11) is 0. The highest BCUT2D eigenvalue weighted by atomic mass is 32.1. The van der Waals surface area contributed by atoms with E-state index >= 15 is 0 Å². The molecule has 0 amide bonds. The van der Waals surface area contributed by atoms with Gasteiger partial charge in [0.15, 0.2) is 0 Å². The Morgan fingerprint density at radius 1 is 0.384 bits per heavy atom. The van der Waals surface area contributed by atoms with Crippen LogP contribution in [0.2, 0.25) is 0 Å². The molecule has 0 N–H and O–H groups in total. The van der Waals surface area contributed by atoms with E-state index < -0.39 is 0 Å². The number of anilines is 6. The van der Waals surface area contributed by atoms with Crippen LogP contribution in [0.4, 0.5) is 34.1 Å². The minimum Gasteiger partial charge on any atom is -0.464 e. The molecule has 9 heteroatoms. The second-order valence-electron chi connectivity index (χ2n) is 25.9. The van der Waals surface area contributed by atoms with Gasteiger partial charge in [0.2, 0.25) is 0 Å². The lowest BCUT2D eigenvalue weighted by Gasteiger charge is -2.43. The van der Waals surface area contributed by atoms with Crippen molar-refractivity contribution in [3.63, 3.8) is 0 Å². The van der Waals surface area contributed by atoms with Gasteiger partial charge in [0.25, 0.3) is 6.71 Å². The number of fused-ring (bicyclic) bond motifs is 12. The summed E-state index contributed by atoms with van der Waals surface area (Å²) in [5.74, 6) is 0.174. The van der Waals surface area contributed by atoms with Gasteiger partial charge in [-0.15, -0.1) is 22.7 Å². The number of rotatable bonds is 7. The largest absolute Gasteiger partial charge is 0.464 e. The van der Waals surface area contributed by atoms with Crippen molar-refractivity contribution >= 4 is 143 Å². The van der Waals surface area contributed by atoms with E-state index in [2.05, 4.69) is 223 Å². The fourth-order valence-electron chi connectivity index (χ4n) is 13.7. The molecule has 0 fully saturated rings. The van der Waals surface area contributed by atoms with E-state index in [4.69, 9.17) is 17.7 Å². The molecule has 0 saturated heterocycles. The summed E-state index contributed by atoms with van der Waals surface area (Å²) in [6, 6.07) is 67.3. The van der Waals surface area contributed by atoms with Gasteiger partial charge in [-0.2, -0.15) is 0 Å². The molecule has 0 unspecified atom stereocenters. The molecule has 6 nitrogen and oxygen atoms in total. The van der Waals surface area contributed by atoms with E-state index in [1.807, 2.05) is 72.0 Å². The number of hydrogen-bond acceptors (Lipinski definition) is 8. The molecule has 0 spiro atoms. The maximum atomic E-state index is 6.39. The van der Waals surface area contributed by atoms with E-state index in [1.165, 1.54) is 74.6 Å². The zero-order valence-corrected chi connectivity index (χ0v) is 50.8. The maximum absolute atomic E-state index is 6.39. The lowest BCUT2D eigenvalue weighted by molar-refractivity contribution is 0.591. The van der Waals surface area contributed by atoms with Crippen LogP contribution in [0.15, 0.2) is 225 Å². The van der Waals surface area contributed by atoms with Gasteiger partial charge in [0, 0.05) is 96.3 Å². The molecule has 86 heavy (non-hydrogen) atoms. The van der Waals surface area contributed by atoms with E-state index in [1.54, 1.807) is 0 Å². The molecule has 8 heterocycles. The highest BCUT2D eigenvalue weighted by molar-refractivity contribution is 7.40. The Balaban J connectivity index is 1.01. The Morgan fingerprint density at radius 2 is 0.721 bits per heavy atom. The van der Waals surface area contributed by atoms with Crippen LogP contribution in [0.1, 0.15) is 78.0 Å². The fraction of sp³-hybridized carbons (Fsp3) is 0.143. The molecule has 0 atom stereocenters. The van der Waals surface area contributed by atoms with Crippen LogP contribution in [-0.2, 0) is 10.8 Å². The highest BCUT2D eigenvalue weighted by Crippen LogP contribution is 2.54. The molecule has 9 aromatic carbocycles. The van der Waals surface area contributed by atoms with Crippen LogP contribution in [0.25, 0.3) is 109 Å². The molecule has 0 radical (unpaired) electrons. The molecular formula is C77H59BN2O4S2. The Bertz CT molecular complexity index is 4790. The lowest BCUT2D eigenvalue weighted by atomic mass is 9.39. The van der Waals surface area contributed by atoms with Crippen molar-refractivity contribution in [2.45, 2.75) is 72.1 Å². The van der Waals surface area contributed by atoms with Crippen LogP contribution < -0.4 is 24.8 Å². The lowest BCUT2D eigenvalue weighted by Crippen LogP contribution is -2.59. The minimum absolute atomic E-state index is 0.0935. The van der Waals surface area contributed by atoms with E-state index in [9.17, 15) is 0 Å². The Hall–Kier alpha value is -9.28. The zero-order chi connectivity index (χ0) is 58.1. The van der Waals surface area contributed by atoms with Gasteiger partial charge in [-0.3, -0.25) is 0 Å². The van der Waals surface area contributed by atoms with Gasteiger partial charge in [0.1, 0.15) is 22.3 Å². The Morgan fingerprint density at radius 3 is 1.05 bits per heavy atom. The third-order valence-electron chi connectivity index (χ3n) is 18.2. The first kappa shape index (κ1) is 51.2. The molecule has 0 saturated carbocycles. The van der Waals surface area contributed by atoms with Gasteiger partial charge < -0.3 is 27.5 Å². The summed E-state index contributed by atoms with van der Waals surface area (Å²) in [6.45, 7) is 18.6. The number of nitrogens with zero attached hydrogens (tertiary/aromatic N) is 2. The summed E-state index contributed by atoms with van der Waals surface area (Å²) in [6.07, 6.45) is 7.73. The molecule has 0 aliphatic carbocycles. The minimum atomic E-state index is -0.0961. The number of hydrogen-bond donors (Lipinski definition) is 0. The molecule has 6 aromatic heterocycles. The Labute approximate surface area is 507 Å². The van der Waals surface area contributed by atoms with Gasteiger partial charge in [-0.25, -0.2) is 0 Å². The standard InChI is InChI=1S/C77H59BN2O4S2/c1-43(2)44-35-63-71-64(36-44)80(52-33-47(61-41-83-67-23-15-11-19-55(61)67)30-48(34-52)62-42-84-68-24-16-12-20-56(62)68)73-58-38-50(77(6,7)8)26-28-70(58)86-75(73)78(71)74-72(57-37-49(76(3,4)5)25-27-69(57)85-74)79(63)51-31-45(59-39-81-65-21-13-9-17-53(59)65)29-46(32-51)60-40-82-66-22-14-10-18-54(60)66/h9-43H,1-8H3. The first-order valence-electron chi connectivity index (χ1n) is 29.8. The first-order chi connectivity index (χ1) is 41.7. The van der Waals surface area contributed by atoms with Crippen molar-refractivity contribution in [3.05, 3.63) is 224 Å². The average molecular weight is 1150 g/mol. The van der Waals surface area contributed by atoms with E-state index in [-0.39, 0.29) is 23.5 Å². The third kappa shape index (κ3) is 7.76. The zero-order valence-electron chi connectivity index (χ0n) is 49.1. The smallest absolute Gasteiger partial charge is 0.277 e. The van der Waals surface area contributed by atoms with Crippen LogP contribution in [0, 0.1) is 0 Å². The van der Waals surface area contributed by atoms with Crippen molar-refractivity contribution in [2.24, 2.45) is 0 Å². The molecule has 0 bridgehead atoms. The second-order valence-corrected chi connectivity index (χ2v) is 28.1. The van der Waals surface area contributed by atoms with Crippen LogP contribution >= 0.6 is 22.7 Å². The monoisotopic (exact) mass is 1150 g/mol. The highest BCUT2D eigenvalue weighted by Gasteiger charge is 2.48. The van der Waals surface area contributed by atoms with Gasteiger partial charge >= 0.3 is 0 Å². The summed E-state index contributed by atoms with van der Waals surface area (Å²) < 4.78 is 30.7. The van der Waals surface area contributed by atoms with Crippen LogP contribution in [0.3, 0.4) is 0 Å². The maximum Gasteiger partial charge on any atom is 0.277 e. The summed E-state index contributed by atoms with van der Waals surface area (Å²) in [5, 5.41) is 6.78. The van der Waals surface area contributed by atoms with Gasteiger partial charge in [-0.05, 0) is 158 Å². The van der Waals surface area contributed by atoms with E-state index in [0.29, 0.717) is 0 Å². The predicted octanol–water partition coefficient (Wildman–Crippen LogP) is 21.6. The third-order valence-corrected chi connectivity index (χ3v) is 20.6. The normalized spacial score (nSPS) is 13.4. The van der Waals surface area contributed by atoms with Crippen molar-refractivity contribution < 1.29 is 17.7 Å². The Kier molecular flexibility index (Phi) is 11.1. The fourth-order valence-corrected chi connectivity index (χ4v) is 16.4. The van der Waals surface area contributed by atoms with Crippen molar-refractivity contribution in [1.82, 2.24) is 0 Å². The van der Waals surface area contributed by atoms with Crippen molar-refractivity contribution in [1.29, 1.82) is 0 Å². The first-order valence-corrected chi connectivity index (χ1v) is 31.4. The molecule has 15 aromatic rings. The molecule has 17 rings (SSSR count). The second kappa shape index (κ2) is 18.6. The summed E-state index contributed by atoms with van der Waals surface area (Å²) in [4.78, 5) is 5.29. The topological polar surface area (TPSA) is 59.0 Å². The van der Waals surface area contributed by atoms with Gasteiger partial charge in [0.05, 0.1) is 36.4 Å². The number of benzene rings is 9. The van der Waals surface area contributed by atoms with Crippen LogP contribution in [0.5, 0.6) is 0 Å². The van der Waals surface area contributed by atoms with Gasteiger partial charge in [-0.1, -0.05) is 140 Å². The molecular weight excluding hydrogens is 1090 g/mol. The quantitative estimate of drug-likeness (QED) is 0.148.